The second-order valence-corrected chi connectivity index (χ2v) is 4.13. The zero-order chi connectivity index (χ0) is 11.2. The van der Waals surface area contributed by atoms with Gasteiger partial charge in [-0.1, -0.05) is 13.0 Å². The molecule has 3 heteroatoms. The fourth-order valence-corrected chi connectivity index (χ4v) is 1.22. The van der Waals surface area contributed by atoms with Crippen LogP contribution < -0.4 is 5.73 Å². The van der Waals surface area contributed by atoms with Crippen LogP contribution >= 0.6 is 0 Å². The molecule has 0 aliphatic carbocycles. The molecule has 14 heavy (non-hydrogen) atoms. The van der Waals surface area contributed by atoms with Gasteiger partial charge in [0.25, 0.3) is 0 Å². The van der Waals surface area contributed by atoms with E-state index in [4.69, 9.17) is 5.73 Å². The maximum atomic E-state index is 12.0. The number of hydrogen-bond donors (Lipinski definition) is 1. The maximum Gasteiger partial charge on any atom is 0.229 e. The molecule has 0 aliphatic heterocycles. The predicted octanol–water partition coefficient (Wildman–Crippen LogP) is 1.40. The van der Waals surface area contributed by atoms with Gasteiger partial charge in [-0.05, 0) is 20.3 Å². The van der Waals surface area contributed by atoms with E-state index in [9.17, 15) is 4.79 Å². The van der Waals surface area contributed by atoms with Crippen LogP contribution in [0.1, 0.15) is 27.2 Å². The Labute approximate surface area is 87.0 Å². The van der Waals surface area contributed by atoms with Crippen LogP contribution in [0.15, 0.2) is 12.7 Å². The van der Waals surface area contributed by atoms with Crippen molar-refractivity contribution in [3.8, 4) is 0 Å². The van der Waals surface area contributed by atoms with Crippen molar-refractivity contribution in [2.45, 2.75) is 27.2 Å². The number of hydrogen-bond acceptors (Lipinski definition) is 2. The highest BCUT2D eigenvalue weighted by atomic mass is 16.2. The van der Waals surface area contributed by atoms with Gasteiger partial charge in [0.15, 0.2) is 0 Å². The van der Waals surface area contributed by atoms with Crippen LogP contribution in [0.3, 0.4) is 0 Å². The Morgan fingerprint density at radius 3 is 2.50 bits per heavy atom. The van der Waals surface area contributed by atoms with E-state index in [0.29, 0.717) is 13.1 Å². The lowest BCUT2D eigenvalue weighted by Gasteiger charge is -2.30. The van der Waals surface area contributed by atoms with E-state index in [1.165, 1.54) is 0 Å². The van der Waals surface area contributed by atoms with Crippen LogP contribution in [-0.2, 0) is 4.79 Å². The quantitative estimate of drug-likeness (QED) is 0.656. The molecule has 0 unspecified atom stereocenters. The second-order valence-electron chi connectivity index (χ2n) is 4.13. The molecule has 0 radical (unpaired) electrons. The predicted molar refractivity (Wildman–Crippen MR) is 59.9 cm³/mol. The van der Waals surface area contributed by atoms with Gasteiger partial charge in [-0.25, -0.2) is 0 Å². The van der Waals surface area contributed by atoms with Crippen molar-refractivity contribution in [1.29, 1.82) is 0 Å². The van der Waals surface area contributed by atoms with Crippen LogP contribution in [-0.4, -0.2) is 30.4 Å². The van der Waals surface area contributed by atoms with E-state index in [1.54, 1.807) is 11.0 Å². The summed E-state index contributed by atoms with van der Waals surface area (Å²) in [7, 11) is 0. The smallest absolute Gasteiger partial charge is 0.229 e. The summed E-state index contributed by atoms with van der Waals surface area (Å²) in [5, 5.41) is 0. The summed E-state index contributed by atoms with van der Waals surface area (Å²) in [6, 6.07) is 0. The first-order valence-electron chi connectivity index (χ1n) is 5.10. The van der Waals surface area contributed by atoms with Crippen molar-refractivity contribution in [3.05, 3.63) is 12.7 Å². The van der Waals surface area contributed by atoms with E-state index >= 15 is 0 Å². The third-order valence-electron chi connectivity index (χ3n) is 2.22. The molecule has 0 saturated heterocycles. The molecule has 0 spiro atoms. The van der Waals surface area contributed by atoms with Gasteiger partial charge < -0.3 is 10.6 Å². The number of nitrogens with zero attached hydrogens (tertiary/aromatic N) is 1. The molecule has 0 aromatic rings. The first-order valence-corrected chi connectivity index (χ1v) is 5.10. The molecule has 0 fully saturated rings. The Morgan fingerprint density at radius 2 is 2.14 bits per heavy atom. The molecule has 0 saturated carbocycles. The first-order chi connectivity index (χ1) is 6.49. The molecule has 1 amide bonds. The third kappa shape index (κ3) is 3.50. The monoisotopic (exact) mass is 198 g/mol. The lowest BCUT2D eigenvalue weighted by atomic mass is 9.92. The summed E-state index contributed by atoms with van der Waals surface area (Å²) in [4.78, 5) is 13.8. The molecule has 0 heterocycles. The Bertz CT molecular complexity index is 199. The number of amides is 1. The Hall–Kier alpha value is -0.830. The van der Waals surface area contributed by atoms with Crippen LogP contribution in [0.25, 0.3) is 0 Å². The molecule has 0 aromatic carbocycles. The van der Waals surface area contributed by atoms with Crippen LogP contribution in [0, 0.1) is 5.41 Å². The molecule has 0 bridgehead atoms. The van der Waals surface area contributed by atoms with Gasteiger partial charge in [-0.2, -0.15) is 0 Å². The molecule has 82 valence electrons. The number of rotatable bonds is 6. The summed E-state index contributed by atoms with van der Waals surface area (Å²) < 4.78 is 0. The fourth-order valence-electron chi connectivity index (χ4n) is 1.22. The molecule has 0 aromatic heterocycles. The van der Waals surface area contributed by atoms with Crippen molar-refractivity contribution < 1.29 is 4.79 Å². The molecule has 2 N–H and O–H groups in total. The second kappa shape index (κ2) is 5.81. The number of carbonyl (C=O) groups excluding carboxylic acids is 1. The molecule has 0 aliphatic rings. The van der Waals surface area contributed by atoms with Gasteiger partial charge in [0.05, 0.1) is 5.41 Å². The van der Waals surface area contributed by atoms with Crippen molar-refractivity contribution in [1.82, 2.24) is 4.90 Å². The van der Waals surface area contributed by atoms with E-state index < -0.39 is 5.41 Å². The highest BCUT2D eigenvalue weighted by Crippen LogP contribution is 2.17. The van der Waals surface area contributed by atoms with E-state index in [0.717, 1.165) is 13.0 Å². The topological polar surface area (TPSA) is 46.3 Å². The van der Waals surface area contributed by atoms with E-state index in [2.05, 4.69) is 13.5 Å². The van der Waals surface area contributed by atoms with Gasteiger partial charge in [0.1, 0.15) is 0 Å². The largest absolute Gasteiger partial charge is 0.338 e. The van der Waals surface area contributed by atoms with E-state index in [-0.39, 0.29) is 5.91 Å². The van der Waals surface area contributed by atoms with Gasteiger partial charge in [-0.15, -0.1) is 6.58 Å². The zero-order valence-electron chi connectivity index (χ0n) is 9.55. The standard InChI is InChI=1S/C11H22N2O/c1-5-7-13(8-6-2)10(14)11(3,4)9-12/h5H,1,6-9,12H2,2-4H3. The number of nitrogens with two attached hydrogens (primary N) is 1. The maximum absolute atomic E-state index is 12.0. The zero-order valence-corrected chi connectivity index (χ0v) is 9.55. The lowest BCUT2D eigenvalue weighted by molar-refractivity contribution is -0.139. The van der Waals surface area contributed by atoms with Gasteiger partial charge >= 0.3 is 0 Å². The molecule has 3 nitrogen and oxygen atoms in total. The normalized spacial score (nSPS) is 11.1. The first kappa shape index (κ1) is 13.2. The van der Waals surface area contributed by atoms with Crippen molar-refractivity contribution >= 4 is 5.91 Å². The van der Waals surface area contributed by atoms with Crippen LogP contribution in [0.5, 0.6) is 0 Å². The summed E-state index contributed by atoms with van der Waals surface area (Å²) in [5.74, 6) is 0.113. The molecule has 0 atom stereocenters. The molecular weight excluding hydrogens is 176 g/mol. The number of carbonyl (C=O) groups is 1. The summed E-state index contributed by atoms with van der Waals surface area (Å²) in [6.07, 6.45) is 2.71. The van der Waals surface area contributed by atoms with Gasteiger partial charge in [0, 0.05) is 19.6 Å². The van der Waals surface area contributed by atoms with E-state index in [1.807, 2.05) is 13.8 Å². The average Bonchev–Trinajstić information content (AvgIpc) is 2.16. The third-order valence-corrected chi connectivity index (χ3v) is 2.22. The summed E-state index contributed by atoms with van der Waals surface area (Å²) >= 11 is 0. The minimum Gasteiger partial charge on any atom is -0.338 e. The summed E-state index contributed by atoms with van der Waals surface area (Å²) in [5.41, 5.74) is 5.10. The molecule has 0 rings (SSSR count). The Morgan fingerprint density at radius 1 is 1.57 bits per heavy atom. The average molecular weight is 198 g/mol. The Kier molecular flexibility index (Phi) is 5.46. The van der Waals surface area contributed by atoms with Gasteiger partial charge in [-0.3, -0.25) is 4.79 Å². The highest BCUT2D eigenvalue weighted by Gasteiger charge is 2.29. The minimum absolute atomic E-state index is 0.113. The van der Waals surface area contributed by atoms with Crippen LogP contribution in [0.4, 0.5) is 0 Å². The summed E-state index contributed by atoms with van der Waals surface area (Å²) in [6.45, 7) is 11.2. The van der Waals surface area contributed by atoms with Crippen LogP contribution in [0.2, 0.25) is 0 Å². The van der Waals surface area contributed by atoms with Crippen molar-refractivity contribution in [2.24, 2.45) is 11.1 Å². The SMILES string of the molecule is C=CCN(CCC)C(=O)C(C)(C)CN. The Balaban J connectivity index is 4.49. The highest BCUT2D eigenvalue weighted by molar-refractivity contribution is 5.82. The molecular formula is C11H22N2O. The van der Waals surface area contributed by atoms with Crippen molar-refractivity contribution in [3.63, 3.8) is 0 Å². The lowest BCUT2D eigenvalue weighted by Crippen LogP contribution is -2.45. The fraction of sp³-hybridized carbons (Fsp3) is 0.727. The minimum atomic E-state index is -0.460. The van der Waals surface area contributed by atoms with Crippen molar-refractivity contribution in [2.75, 3.05) is 19.6 Å². The van der Waals surface area contributed by atoms with Gasteiger partial charge in [0.2, 0.25) is 5.91 Å².